The third-order valence-electron chi connectivity index (χ3n) is 3.11. The summed E-state index contributed by atoms with van der Waals surface area (Å²) in [7, 11) is 0. The van der Waals surface area contributed by atoms with Crippen molar-refractivity contribution in [3.63, 3.8) is 0 Å². The lowest BCUT2D eigenvalue weighted by atomic mass is 10.1. The Balaban J connectivity index is 1.89. The van der Waals surface area contributed by atoms with Crippen LogP contribution in [-0.2, 0) is 0 Å². The van der Waals surface area contributed by atoms with E-state index >= 15 is 0 Å². The van der Waals surface area contributed by atoms with Crippen LogP contribution in [0.2, 0.25) is 5.02 Å². The highest BCUT2D eigenvalue weighted by Gasteiger charge is 2.07. The number of nitrogens with one attached hydrogen (secondary N) is 2. The molecule has 0 spiro atoms. The Bertz CT molecular complexity index is 859. The van der Waals surface area contributed by atoms with Crippen LogP contribution in [0.1, 0.15) is 5.56 Å². The van der Waals surface area contributed by atoms with Crippen LogP contribution in [0.3, 0.4) is 0 Å². The van der Waals surface area contributed by atoms with E-state index in [0.29, 0.717) is 5.02 Å². The molecule has 0 unspecified atom stereocenters. The van der Waals surface area contributed by atoms with Crippen LogP contribution < -0.4 is 10.9 Å². The maximum atomic E-state index is 12.2. The number of hydrogen-bond donors (Lipinski definition) is 2. The fourth-order valence-corrected chi connectivity index (χ4v) is 2.19. The molecule has 6 heteroatoms. The standard InChI is InChI=1S/C16H13ClN4O/c1-10-5-7-11(8-6-10)14-15(22)19-16(21-20-14)18-13-4-2-3-12(17)9-13/h2-9H,1H3,(H2,18,19,21,22). The normalized spacial score (nSPS) is 10.5. The molecule has 0 atom stereocenters. The van der Waals surface area contributed by atoms with Crippen molar-refractivity contribution in [1.82, 2.24) is 15.2 Å². The second-order valence-electron chi connectivity index (χ2n) is 4.85. The highest BCUT2D eigenvalue weighted by Crippen LogP contribution is 2.18. The summed E-state index contributed by atoms with van der Waals surface area (Å²) in [5, 5.41) is 11.6. The zero-order valence-electron chi connectivity index (χ0n) is 11.8. The topological polar surface area (TPSA) is 70.7 Å². The van der Waals surface area contributed by atoms with Crippen molar-refractivity contribution < 1.29 is 0 Å². The van der Waals surface area contributed by atoms with Crippen molar-refractivity contribution in [2.75, 3.05) is 5.32 Å². The SMILES string of the molecule is Cc1ccc(-c2nnc(Nc3cccc(Cl)c3)[nH]c2=O)cc1. The van der Waals surface area contributed by atoms with Crippen molar-refractivity contribution in [2.24, 2.45) is 0 Å². The number of aromatic nitrogens is 3. The summed E-state index contributed by atoms with van der Waals surface area (Å²) in [6.45, 7) is 1.98. The van der Waals surface area contributed by atoms with Gasteiger partial charge in [-0.2, -0.15) is 0 Å². The number of H-pyrrole nitrogens is 1. The number of aryl methyl sites for hydroxylation is 1. The van der Waals surface area contributed by atoms with E-state index in [0.717, 1.165) is 16.8 Å². The van der Waals surface area contributed by atoms with Crippen molar-refractivity contribution >= 4 is 23.2 Å². The summed E-state index contributed by atoms with van der Waals surface area (Å²) in [5.41, 5.74) is 2.56. The van der Waals surface area contributed by atoms with Gasteiger partial charge in [-0.3, -0.25) is 9.78 Å². The summed E-state index contributed by atoms with van der Waals surface area (Å²) in [6.07, 6.45) is 0. The molecule has 0 aliphatic carbocycles. The minimum Gasteiger partial charge on any atom is -0.324 e. The van der Waals surface area contributed by atoms with Gasteiger partial charge in [0.25, 0.3) is 5.56 Å². The Morgan fingerprint density at radius 2 is 1.86 bits per heavy atom. The molecule has 0 radical (unpaired) electrons. The van der Waals surface area contributed by atoms with Gasteiger partial charge in [0.15, 0.2) is 5.69 Å². The molecule has 0 bridgehead atoms. The molecule has 3 rings (SSSR count). The monoisotopic (exact) mass is 312 g/mol. The first-order valence-corrected chi connectivity index (χ1v) is 7.06. The van der Waals surface area contributed by atoms with E-state index in [1.807, 2.05) is 37.3 Å². The van der Waals surface area contributed by atoms with E-state index in [2.05, 4.69) is 20.5 Å². The Kier molecular flexibility index (Phi) is 3.89. The van der Waals surface area contributed by atoms with Crippen molar-refractivity contribution in [1.29, 1.82) is 0 Å². The molecule has 0 amide bonds. The largest absolute Gasteiger partial charge is 0.324 e. The smallest absolute Gasteiger partial charge is 0.279 e. The Morgan fingerprint density at radius 1 is 1.09 bits per heavy atom. The third-order valence-corrected chi connectivity index (χ3v) is 3.34. The van der Waals surface area contributed by atoms with Crippen LogP contribution in [0.4, 0.5) is 11.6 Å². The molecular weight excluding hydrogens is 300 g/mol. The molecule has 0 fully saturated rings. The molecule has 0 aliphatic rings. The van der Waals surface area contributed by atoms with Crippen LogP contribution in [-0.4, -0.2) is 15.2 Å². The van der Waals surface area contributed by atoms with Gasteiger partial charge < -0.3 is 5.32 Å². The molecule has 0 saturated carbocycles. The van der Waals surface area contributed by atoms with Gasteiger partial charge in [0.2, 0.25) is 5.95 Å². The second-order valence-corrected chi connectivity index (χ2v) is 5.29. The van der Waals surface area contributed by atoms with Gasteiger partial charge in [-0.15, -0.1) is 10.2 Å². The second kappa shape index (κ2) is 5.99. The first-order valence-electron chi connectivity index (χ1n) is 6.68. The number of anilines is 2. The van der Waals surface area contributed by atoms with Crippen molar-refractivity contribution in [3.8, 4) is 11.3 Å². The van der Waals surface area contributed by atoms with Gasteiger partial charge in [-0.05, 0) is 25.1 Å². The van der Waals surface area contributed by atoms with Gasteiger partial charge in [0.1, 0.15) is 0 Å². The maximum absolute atomic E-state index is 12.2. The lowest BCUT2D eigenvalue weighted by Gasteiger charge is -2.06. The number of benzene rings is 2. The third kappa shape index (κ3) is 3.15. The first-order chi connectivity index (χ1) is 10.6. The minimum atomic E-state index is -0.302. The highest BCUT2D eigenvalue weighted by atomic mass is 35.5. The lowest BCUT2D eigenvalue weighted by molar-refractivity contribution is 0.962. The number of halogens is 1. The predicted octanol–water partition coefficient (Wildman–Crippen LogP) is 3.54. The minimum absolute atomic E-state index is 0.267. The summed E-state index contributed by atoms with van der Waals surface area (Å²) in [6, 6.07) is 14.7. The van der Waals surface area contributed by atoms with Crippen molar-refractivity contribution in [2.45, 2.75) is 6.92 Å². The zero-order valence-corrected chi connectivity index (χ0v) is 12.6. The van der Waals surface area contributed by atoms with E-state index in [-0.39, 0.29) is 17.2 Å². The molecular formula is C16H13ClN4O. The van der Waals surface area contributed by atoms with Gasteiger partial charge >= 0.3 is 0 Å². The molecule has 110 valence electrons. The van der Waals surface area contributed by atoms with E-state index < -0.39 is 0 Å². The van der Waals surface area contributed by atoms with Crippen LogP contribution in [0.5, 0.6) is 0 Å². The fraction of sp³-hybridized carbons (Fsp3) is 0.0625. The molecule has 0 saturated heterocycles. The van der Waals surface area contributed by atoms with E-state index in [4.69, 9.17) is 11.6 Å². The Labute approximate surface area is 132 Å². The van der Waals surface area contributed by atoms with Crippen molar-refractivity contribution in [3.05, 3.63) is 69.5 Å². The van der Waals surface area contributed by atoms with Gasteiger partial charge in [0.05, 0.1) is 0 Å². The molecule has 1 heterocycles. The average Bonchev–Trinajstić information content (AvgIpc) is 2.49. The highest BCUT2D eigenvalue weighted by molar-refractivity contribution is 6.30. The first kappa shape index (κ1) is 14.3. The zero-order chi connectivity index (χ0) is 15.5. The van der Waals surface area contributed by atoms with Gasteiger partial charge in [-0.25, -0.2) is 0 Å². The maximum Gasteiger partial charge on any atom is 0.279 e. The van der Waals surface area contributed by atoms with Crippen LogP contribution in [0.25, 0.3) is 11.3 Å². The number of aromatic amines is 1. The summed E-state index contributed by atoms with van der Waals surface area (Å²) in [5.74, 6) is 0.267. The van der Waals surface area contributed by atoms with Crippen LogP contribution in [0, 0.1) is 6.92 Å². The fourth-order valence-electron chi connectivity index (χ4n) is 2.00. The molecule has 1 aromatic heterocycles. The molecule has 22 heavy (non-hydrogen) atoms. The molecule has 0 aliphatic heterocycles. The average molecular weight is 313 g/mol. The quantitative estimate of drug-likeness (QED) is 0.776. The predicted molar refractivity (Wildman–Crippen MR) is 87.6 cm³/mol. The lowest BCUT2D eigenvalue weighted by Crippen LogP contribution is -2.15. The molecule has 2 aromatic carbocycles. The summed E-state index contributed by atoms with van der Waals surface area (Å²) < 4.78 is 0. The molecule has 5 nitrogen and oxygen atoms in total. The Hall–Kier alpha value is -2.66. The number of nitrogens with zero attached hydrogens (tertiary/aromatic N) is 2. The van der Waals surface area contributed by atoms with E-state index in [1.165, 1.54) is 0 Å². The Morgan fingerprint density at radius 3 is 2.55 bits per heavy atom. The summed E-state index contributed by atoms with van der Waals surface area (Å²) in [4.78, 5) is 14.8. The van der Waals surface area contributed by atoms with Crippen LogP contribution in [0.15, 0.2) is 53.3 Å². The summed E-state index contributed by atoms with van der Waals surface area (Å²) >= 11 is 5.91. The molecule has 3 aromatic rings. The van der Waals surface area contributed by atoms with Gasteiger partial charge in [-0.1, -0.05) is 47.5 Å². The van der Waals surface area contributed by atoms with E-state index in [9.17, 15) is 4.79 Å². The number of rotatable bonds is 3. The van der Waals surface area contributed by atoms with E-state index in [1.54, 1.807) is 18.2 Å². The molecule has 2 N–H and O–H groups in total. The van der Waals surface area contributed by atoms with Crippen LogP contribution >= 0.6 is 11.6 Å². The van der Waals surface area contributed by atoms with Gasteiger partial charge in [0, 0.05) is 16.3 Å². The number of hydrogen-bond acceptors (Lipinski definition) is 4.